The van der Waals surface area contributed by atoms with Crippen molar-refractivity contribution in [3.05, 3.63) is 22.8 Å². The van der Waals surface area contributed by atoms with E-state index < -0.39 is 0 Å². The van der Waals surface area contributed by atoms with Gasteiger partial charge in [-0.15, -0.1) is 0 Å². The molecule has 2 rings (SSSR count). The maximum Gasteiger partial charge on any atom is 0.125 e. The van der Waals surface area contributed by atoms with E-state index in [1.165, 1.54) is 29.8 Å². The summed E-state index contributed by atoms with van der Waals surface area (Å²) in [6.07, 6.45) is 3.59. The highest BCUT2D eigenvalue weighted by molar-refractivity contribution is 5.31. The SMILES string of the molecule is Cc1nc2c(c(C(C)C)n1)CCC2. The van der Waals surface area contributed by atoms with Gasteiger partial charge < -0.3 is 0 Å². The Hall–Kier alpha value is -0.920. The predicted molar refractivity (Wildman–Crippen MR) is 52.9 cm³/mol. The number of fused-ring (bicyclic) bond motifs is 1. The first-order chi connectivity index (χ1) is 6.18. The number of hydrogen-bond acceptors (Lipinski definition) is 2. The van der Waals surface area contributed by atoms with E-state index in [0.717, 1.165) is 12.2 Å². The predicted octanol–water partition coefficient (Wildman–Crippen LogP) is 2.40. The Balaban J connectivity index is 2.55. The first-order valence-electron chi connectivity index (χ1n) is 5.04. The van der Waals surface area contributed by atoms with Crippen LogP contribution >= 0.6 is 0 Å². The number of nitrogens with zero attached hydrogens (tertiary/aromatic N) is 2. The summed E-state index contributed by atoms with van der Waals surface area (Å²) in [5.74, 6) is 1.47. The van der Waals surface area contributed by atoms with E-state index in [1.807, 2.05) is 6.92 Å². The summed E-state index contributed by atoms with van der Waals surface area (Å²) in [6, 6.07) is 0. The van der Waals surface area contributed by atoms with Crippen LogP contribution in [0.3, 0.4) is 0 Å². The summed E-state index contributed by atoms with van der Waals surface area (Å²) >= 11 is 0. The van der Waals surface area contributed by atoms with E-state index >= 15 is 0 Å². The van der Waals surface area contributed by atoms with Gasteiger partial charge in [-0.05, 0) is 37.7 Å². The van der Waals surface area contributed by atoms with Crippen molar-refractivity contribution in [2.45, 2.75) is 46.0 Å². The Morgan fingerprint density at radius 1 is 1.15 bits per heavy atom. The van der Waals surface area contributed by atoms with Crippen LogP contribution in [0.4, 0.5) is 0 Å². The molecule has 1 heterocycles. The van der Waals surface area contributed by atoms with Crippen LogP contribution in [0.25, 0.3) is 0 Å². The molecule has 0 N–H and O–H groups in total. The molecule has 0 radical (unpaired) electrons. The Kier molecular flexibility index (Phi) is 2.06. The highest BCUT2D eigenvalue weighted by Gasteiger charge is 2.19. The first-order valence-corrected chi connectivity index (χ1v) is 5.04. The lowest BCUT2D eigenvalue weighted by molar-refractivity contribution is 0.778. The van der Waals surface area contributed by atoms with Crippen LogP contribution in [-0.4, -0.2) is 9.97 Å². The zero-order valence-electron chi connectivity index (χ0n) is 8.59. The van der Waals surface area contributed by atoms with Gasteiger partial charge in [0.25, 0.3) is 0 Å². The minimum atomic E-state index is 0.536. The molecule has 0 aromatic carbocycles. The molecule has 2 nitrogen and oxygen atoms in total. The van der Waals surface area contributed by atoms with Gasteiger partial charge in [0, 0.05) is 5.69 Å². The molecule has 0 spiro atoms. The first kappa shape index (κ1) is 8.67. The molecule has 0 aliphatic heterocycles. The van der Waals surface area contributed by atoms with Crippen molar-refractivity contribution in [1.82, 2.24) is 9.97 Å². The fraction of sp³-hybridized carbons (Fsp3) is 0.636. The third-order valence-electron chi connectivity index (χ3n) is 2.62. The molecule has 0 fully saturated rings. The highest BCUT2D eigenvalue weighted by atomic mass is 14.9. The van der Waals surface area contributed by atoms with Gasteiger partial charge in [0.2, 0.25) is 0 Å². The van der Waals surface area contributed by atoms with Crippen molar-refractivity contribution in [3.63, 3.8) is 0 Å². The van der Waals surface area contributed by atoms with Gasteiger partial charge in [-0.2, -0.15) is 0 Å². The molecule has 13 heavy (non-hydrogen) atoms. The largest absolute Gasteiger partial charge is 0.238 e. The lowest BCUT2D eigenvalue weighted by Gasteiger charge is -2.10. The van der Waals surface area contributed by atoms with Crippen molar-refractivity contribution in [2.75, 3.05) is 0 Å². The summed E-state index contributed by atoms with van der Waals surface area (Å²) in [5, 5.41) is 0. The third-order valence-corrected chi connectivity index (χ3v) is 2.62. The number of aromatic nitrogens is 2. The van der Waals surface area contributed by atoms with Gasteiger partial charge in [-0.3, -0.25) is 0 Å². The Bertz CT molecular complexity index is 329. The van der Waals surface area contributed by atoms with Gasteiger partial charge in [0.1, 0.15) is 5.82 Å². The molecule has 0 amide bonds. The van der Waals surface area contributed by atoms with Crippen LogP contribution in [-0.2, 0) is 12.8 Å². The fourth-order valence-corrected chi connectivity index (χ4v) is 2.07. The van der Waals surface area contributed by atoms with Crippen molar-refractivity contribution >= 4 is 0 Å². The summed E-state index contributed by atoms with van der Waals surface area (Å²) in [7, 11) is 0. The summed E-state index contributed by atoms with van der Waals surface area (Å²) in [5.41, 5.74) is 4.01. The molecule has 0 unspecified atom stereocenters. The van der Waals surface area contributed by atoms with Gasteiger partial charge in [-0.1, -0.05) is 13.8 Å². The van der Waals surface area contributed by atoms with E-state index in [2.05, 4.69) is 23.8 Å². The molecular weight excluding hydrogens is 160 g/mol. The quantitative estimate of drug-likeness (QED) is 0.656. The van der Waals surface area contributed by atoms with Crippen LogP contribution in [0, 0.1) is 6.92 Å². The lowest BCUT2D eigenvalue weighted by atomic mass is 10.0. The van der Waals surface area contributed by atoms with E-state index in [0.29, 0.717) is 5.92 Å². The Morgan fingerprint density at radius 2 is 1.92 bits per heavy atom. The monoisotopic (exact) mass is 176 g/mol. The molecule has 0 saturated carbocycles. The second-order valence-corrected chi connectivity index (χ2v) is 4.09. The topological polar surface area (TPSA) is 25.8 Å². The molecule has 1 aliphatic carbocycles. The fourth-order valence-electron chi connectivity index (χ4n) is 2.07. The smallest absolute Gasteiger partial charge is 0.125 e. The van der Waals surface area contributed by atoms with E-state index in [4.69, 9.17) is 0 Å². The molecule has 70 valence electrons. The van der Waals surface area contributed by atoms with Crippen LogP contribution < -0.4 is 0 Å². The summed E-state index contributed by atoms with van der Waals surface area (Å²) in [6.45, 7) is 6.41. The van der Waals surface area contributed by atoms with Crippen LogP contribution in [0.2, 0.25) is 0 Å². The maximum absolute atomic E-state index is 4.53. The van der Waals surface area contributed by atoms with Gasteiger partial charge in [-0.25, -0.2) is 9.97 Å². The Labute approximate surface area is 79.4 Å². The van der Waals surface area contributed by atoms with Crippen LogP contribution in [0.15, 0.2) is 0 Å². The zero-order chi connectivity index (χ0) is 9.42. The van der Waals surface area contributed by atoms with Crippen LogP contribution in [0.5, 0.6) is 0 Å². The Morgan fingerprint density at radius 3 is 2.62 bits per heavy atom. The van der Waals surface area contributed by atoms with Crippen LogP contribution in [0.1, 0.15) is 49.0 Å². The summed E-state index contributed by atoms with van der Waals surface area (Å²) < 4.78 is 0. The second-order valence-electron chi connectivity index (χ2n) is 4.09. The van der Waals surface area contributed by atoms with E-state index in [9.17, 15) is 0 Å². The zero-order valence-corrected chi connectivity index (χ0v) is 8.59. The van der Waals surface area contributed by atoms with Crippen molar-refractivity contribution in [2.24, 2.45) is 0 Å². The third kappa shape index (κ3) is 1.45. The normalized spacial score (nSPS) is 15.1. The molecule has 1 aromatic heterocycles. The van der Waals surface area contributed by atoms with Gasteiger partial charge in [0.05, 0.1) is 5.69 Å². The lowest BCUT2D eigenvalue weighted by Crippen LogP contribution is -2.04. The standard InChI is InChI=1S/C11H16N2/c1-7(2)11-9-5-4-6-10(9)12-8(3)13-11/h7H,4-6H2,1-3H3. The number of aryl methyl sites for hydroxylation is 2. The van der Waals surface area contributed by atoms with Crippen molar-refractivity contribution in [3.8, 4) is 0 Å². The summed E-state index contributed by atoms with van der Waals surface area (Å²) in [4.78, 5) is 9.02. The van der Waals surface area contributed by atoms with Gasteiger partial charge in [0.15, 0.2) is 0 Å². The molecular formula is C11H16N2. The van der Waals surface area contributed by atoms with Crippen molar-refractivity contribution in [1.29, 1.82) is 0 Å². The average molecular weight is 176 g/mol. The molecule has 1 aliphatic rings. The maximum atomic E-state index is 4.53. The highest BCUT2D eigenvalue weighted by Crippen LogP contribution is 2.27. The van der Waals surface area contributed by atoms with E-state index in [-0.39, 0.29) is 0 Å². The minimum absolute atomic E-state index is 0.536. The van der Waals surface area contributed by atoms with E-state index in [1.54, 1.807) is 0 Å². The minimum Gasteiger partial charge on any atom is -0.238 e. The number of hydrogen-bond donors (Lipinski definition) is 0. The molecule has 1 aromatic rings. The van der Waals surface area contributed by atoms with Gasteiger partial charge >= 0.3 is 0 Å². The second kappa shape index (κ2) is 3.09. The number of rotatable bonds is 1. The van der Waals surface area contributed by atoms with Crippen molar-refractivity contribution < 1.29 is 0 Å². The molecule has 0 bridgehead atoms. The average Bonchev–Trinajstić information content (AvgIpc) is 2.49. The molecule has 2 heteroatoms. The molecule has 0 atom stereocenters. The molecule has 0 saturated heterocycles.